The number of nitrogens with zero attached hydrogens (tertiary/aromatic N) is 2. The quantitative estimate of drug-likeness (QED) is 0.795. The Bertz CT molecular complexity index is 822. The van der Waals surface area contributed by atoms with E-state index in [0.29, 0.717) is 30.0 Å². The van der Waals surface area contributed by atoms with Crippen LogP contribution in [0.15, 0.2) is 27.7 Å². The first kappa shape index (κ1) is 17.8. The molecule has 0 bridgehead atoms. The molecule has 3 rings (SSSR count). The first-order valence-electron chi connectivity index (χ1n) is 7.95. The van der Waals surface area contributed by atoms with E-state index in [1.165, 1.54) is 7.11 Å². The van der Waals surface area contributed by atoms with Gasteiger partial charge in [0.2, 0.25) is 15.9 Å². The molecule has 0 aliphatic heterocycles. The molecule has 0 saturated heterocycles. The molecule has 136 valence electrons. The first-order chi connectivity index (χ1) is 11.8. The number of pyridine rings is 1. The van der Waals surface area contributed by atoms with Gasteiger partial charge in [-0.25, -0.2) is 18.1 Å². The number of ether oxygens (including phenoxy) is 1. The molecule has 2 N–H and O–H groups in total. The Morgan fingerprint density at radius 3 is 2.56 bits per heavy atom. The van der Waals surface area contributed by atoms with E-state index in [-0.39, 0.29) is 16.6 Å². The van der Waals surface area contributed by atoms with Crippen molar-refractivity contribution in [2.45, 2.75) is 43.7 Å². The average Bonchev–Trinajstić information content (AvgIpc) is 2.89. The summed E-state index contributed by atoms with van der Waals surface area (Å²) in [5, 5.41) is 13.3. The van der Waals surface area contributed by atoms with Gasteiger partial charge in [0.1, 0.15) is 10.6 Å². The molecule has 0 spiro atoms. The van der Waals surface area contributed by atoms with Crippen LogP contribution >= 0.6 is 0 Å². The van der Waals surface area contributed by atoms with Gasteiger partial charge in [0.05, 0.1) is 19.3 Å². The van der Waals surface area contributed by atoms with Gasteiger partial charge in [0.25, 0.3) is 0 Å². The summed E-state index contributed by atoms with van der Waals surface area (Å²) in [5.41, 5.74) is 1.03. The molecule has 2 aromatic rings. The summed E-state index contributed by atoms with van der Waals surface area (Å²) in [6, 6.07) is 2.96. The third-order valence-corrected chi connectivity index (χ3v) is 6.15. The van der Waals surface area contributed by atoms with Crippen molar-refractivity contribution in [2.24, 2.45) is 5.92 Å². The summed E-state index contributed by atoms with van der Waals surface area (Å²) in [6.07, 6.45) is 2.24. The Morgan fingerprint density at radius 1 is 1.36 bits per heavy atom. The first-order valence-corrected chi connectivity index (χ1v) is 9.43. The molecule has 0 aromatic carbocycles. The smallest absolute Gasteiger partial charge is 0.246 e. The summed E-state index contributed by atoms with van der Waals surface area (Å²) in [5.74, 6) is 0.676. The highest BCUT2D eigenvalue weighted by molar-refractivity contribution is 7.89. The van der Waals surface area contributed by atoms with Crippen molar-refractivity contribution in [3.63, 3.8) is 0 Å². The number of aliphatic hydroxyl groups excluding tert-OH is 1. The van der Waals surface area contributed by atoms with Crippen molar-refractivity contribution in [2.75, 3.05) is 7.11 Å². The van der Waals surface area contributed by atoms with Crippen LogP contribution in [0, 0.1) is 19.8 Å². The zero-order valence-electron chi connectivity index (χ0n) is 14.3. The lowest BCUT2D eigenvalue weighted by molar-refractivity contribution is 0.0279. The van der Waals surface area contributed by atoms with Crippen LogP contribution in [0.1, 0.15) is 35.9 Å². The fourth-order valence-corrected chi connectivity index (χ4v) is 4.74. The van der Waals surface area contributed by atoms with Crippen molar-refractivity contribution in [3.05, 3.63) is 35.3 Å². The minimum Gasteiger partial charge on any atom is -0.481 e. The minimum absolute atomic E-state index is 0.0135. The van der Waals surface area contributed by atoms with E-state index < -0.39 is 22.2 Å². The Balaban J connectivity index is 1.92. The van der Waals surface area contributed by atoms with Crippen LogP contribution < -0.4 is 9.46 Å². The number of aryl methyl sites for hydroxylation is 2. The number of methoxy groups -OCH3 is 1. The highest BCUT2D eigenvalue weighted by Gasteiger charge is 2.38. The maximum atomic E-state index is 12.8. The average molecular weight is 367 g/mol. The summed E-state index contributed by atoms with van der Waals surface area (Å²) in [7, 11) is -2.31. The highest BCUT2D eigenvalue weighted by Crippen LogP contribution is 2.39. The molecule has 1 aliphatic rings. The lowest BCUT2D eigenvalue weighted by Gasteiger charge is -2.38. The fourth-order valence-electron chi connectivity index (χ4n) is 3.12. The van der Waals surface area contributed by atoms with Gasteiger partial charge in [0, 0.05) is 12.3 Å². The number of hydrogen-bond acceptors (Lipinski definition) is 7. The van der Waals surface area contributed by atoms with Crippen LogP contribution in [0.25, 0.3) is 0 Å². The molecule has 1 aliphatic carbocycles. The molecular formula is C16H21N3O5S. The predicted molar refractivity (Wildman–Crippen MR) is 88.6 cm³/mol. The van der Waals surface area contributed by atoms with Gasteiger partial charge in [-0.3, -0.25) is 0 Å². The maximum Gasteiger partial charge on any atom is 0.246 e. The molecule has 9 heteroatoms. The molecule has 1 saturated carbocycles. The minimum atomic E-state index is -3.83. The van der Waals surface area contributed by atoms with Crippen LogP contribution in [0.5, 0.6) is 5.88 Å². The van der Waals surface area contributed by atoms with E-state index >= 15 is 0 Å². The molecule has 0 amide bonds. The third kappa shape index (κ3) is 3.53. The molecule has 2 heterocycles. The SMILES string of the molecule is COc1ccc([C@@H](NS(=O)(=O)c2c(C)noc2C)C2CC(O)C2)cn1. The predicted octanol–water partition coefficient (Wildman–Crippen LogP) is 1.49. The van der Waals surface area contributed by atoms with Crippen LogP contribution in [0.4, 0.5) is 0 Å². The topological polar surface area (TPSA) is 115 Å². The Kier molecular flexibility index (Phi) is 4.81. The molecule has 0 unspecified atom stereocenters. The lowest BCUT2D eigenvalue weighted by Crippen LogP contribution is -2.41. The van der Waals surface area contributed by atoms with E-state index in [1.54, 1.807) is 32.2 Å². The highest BCUT2D eigenvalue weighted by atomic mass is 32.2. The summed E-state index contributed by atoms with van der Waals surface area (Å²) in [6.45, 7) is 3.15. The van der Waals surface area contributed by atoms with E-state index in [4.69, 9.17) is 9.26 Å². The van der Waals surface area contributed by atoms with Crippen LogP contribution in [0.3, 0.4) is 0 Å². The van der Waals surface area contributed by atoms with E-state index in [0.717, 1.165) is 0 Å². The fraction of sp³-hybridized carbons (Fsp3) is 0.500. The molecule has 25 heavy (non-hydrogen) atoms. The number of rotatable bonds is 6. The van der Waals surface area contributed by atoms with E-state index in [9.17, 15) is 13.5 Å². The van der Waals surface area contributed by atoms with Crippen molar-refractivity contribution >= 4 is 10.0 Å². The van der Waals surface area contributed by atoms with Gasteiger partial charge < -0.3 is 14.4 Å². The second-order valence-electron chi connectivity index (χ2n) is 6.27. The Labute approximate surface area is 146 Å². The van der Waals surface area contributed by atoms with Crippen molar-refractivity contribution < 1.29 is 22.8 Å². The van der Waals surface area contributed by atoms with E-state index in [2.05, 4.69) is 14.9 Å². The zero-order valence-corrected chi connectivity index (χ0v) is 15.1. The summed E-state index contributed by atoms with van der Waals surface area (Å²) in [4.78, 5) is 4.21. The molecule has 2 aromatic heterocycles. The molecule has 0 radical (unpaired) electrons. The number of aliphatic hydroxyl groups is 1. The van der Waals surface area contributed by atoms with Crippen molar-refractivity contribution in [1.82, 2.24) is 14.9 Å². The van der Waals surface area contributed by atoms with Crippen molar-refractivity contribution in [1.29, 1.82) is 0 Å². The van der Waals surface area contributed by atoms with Gasteiger partial charge in [-0.2, -0.15) is 0 Å². The van der Waals surface area contributed by atoms with Gasteiger partial charge >= 0.3 is 0 Å². The van der Waals surface area contributed by atoms with Crippen LogP contribution in [0.2, 0.25) is 0 Å². The Morgan fingerprint density at radius 2 is 2.08 bits per heavy atom. The van der Waals surface area contributed by atoms with E-state index in [1.807, 2.05) is 0 Å². The molecule has 1 atom stereocenters. The number of hydrogen-bond donors (Lipinski definition) is 2. The standard InChI is InChI=1S/C16H21N3O5S/c1-9-16(10(2)24-18-9)25(21,22)19-15(12-6-13(20)7-12)11-4-5-14(23-3)17-8-11/h4-5,8,12-13,15,19-20H,6-7H2,1-3H3/t12?,13?,15-/m1/s1. The maximum absolute atomic E-state index is 12.8. The summed E-state index contributed by atoms with van der Waals surface area (Å²) < 4.78 is 38.5. The number of nitrogens with one attached hydrogen (secondary N) is 1. The van der Waals surface area contributed by atoms with Gasteiger partial charge in [-0.15, -0.1) is 0 Å². The largest absolute Gasteiger partial charge is 0.481 e. The lowest BCUT2D eigenvalue weighted by atomic mass is 9.76. The van der Waals surface area contributed by atoms with Gasteiger partial charge in [0.15, 0.2) is 5.76 Å². The third-order valence-electron chi connectivity index (χ3n) is 4.47. The number of aromatic nitrogens is 2. The van der Waals surface area contributed by atoms with Crippen LogP contribution in [-0.4, -0.2) is 36.9 Å². The monoisotopic (exact) mass is 367 g/mol. The zero-order chi connectivity index (χ0) is 18.2. The van der Waals surface area contributed by atoms with Gasteiger partial charge in [-0.1, -0.05) is 11.2 Å². The van der Waals surface area contributed by atoms with Crippen LogP contribution in [-0.2, 0) is 10.0 Å². The molecule has 8 nitrogen and oxygen atoms in total. The summed E-state index contributed by atoms with van der Waals surface area (Å²) >= 11 is 0. The Hall–Kier alpha value is -1.97. The normalized spacial score (nSPS) is 21.6. The number of sulfonamides is 1. The second-order valence-corrected chi connectivity index (χ2v) is 7.92. The second kappa shape index (κ2) is 6.74. The van der Waals surface area contributed by atoms with Gasteiger partial charge in [-0.05, 0) is 38.2 Å². The van der Waals surface area contributed by atoms with Crippen molar-refractivity contribution in [3.8, 4) is 5.88 Å². The molecule has 1 fully saturated rings. The molecular weight excluding hydrogens is 346 g/mol.